The first kappa shape index (κ1) is 28.6. The third-order valence-electron chi connectivity index (χ3n) is 5.67. The second kappa shape index (κ2) is 11.6. The maximum Gasteiger partial charge on any atom is 0.351 e. The number of ether oxygens (including phenoxy) is 3. The molecule has 1 atom stereocenters. The third kappa shape index (κ3) is 7.28. The number of nitrogens with zero attached hydrogens (tertiary/aromatic N) is 3. The number of hydrogen-bond donors (Lipinski definition) is 1. The van der Waals surface area contributed by atoms with Gasteiger partial charge in [-0.3, -0.25) is 14.9 Å². The Kier molecular flexibility index (Phi) is 8.72. The number of rotatable bonds is 10. The van der Waals surface area contributed by atoms with Gasteiger partial charge in [-0.1, -0.05) is 12.1 Å². The molecular formula is C27H34N4O7. The number of nitrogens with one attached hydrogen (secondary N) is 1. The molecule has 0 aliphatic rings. The van der Waals surface area contributed by atoms with Crippen LogP contribution in [0.25, 0.3) is 10.9 Å². The van der Waals surface area contributed by atoms with Crippen LogP contribution in [0.4, 0.5) is 0 Å². The molecule has 0 spiro atoms. The molecule has 0 fully saturated rings. The van der Waals surface area contributed by atoms with Gasteiger partial charge in [0.05, 0.1) is 19.6 Å². The smallest absolute Gasteiger partial charge is 0.351 e. The SMILES string of the molecule is COc1cc(OC)cc(C(C)(C)NC(CCC(=O)OC(C)(C)C)C(=O)On2nnc3ccccc3c2=O)c1. The fourth-order valence-electron chi connectivity index (χ4n) is 3.77. The zero-order chi connectivity index (χ0) is 28.1. The van der Waals surface area contributed by atoms with Crippen molar-refractivity contribution >= 4 is 22.8 Å². The normalized spacial score (nSPS) is 12.6. The highest BCUT2D eigenvalue weighted by atomic mass is 16.7. The van der Waals surface area contributed by atoms with Crippen molar-refractivity contribution in [3.63, 3.8) is 0 Å². The molecule has 0 saturated carbocycles. The van der Waals surface area contributed by atoms with Gasteiger partial charge in [0.2, 0.25) is 0 Å². The molecule has 3 aromatic rings. The van der Waals surface area contributed by atoms with Crippen molar-refractivity contribution in [2.45, 2.75) is 64.6 Å². The maximum absolute atomic E-state index is 13.3. The standard InChI is InChI=1S/C27H34N4O7/c1-26(2,3)37-23(32)13-12-22(28-27(4,5)17-14-18(35-6)16-19(15-17)36-7)25(34)38-31-24(33)20-10-8-9-11-21(20)29-30-31/h8-11,14-16,22,28H,12-13H2,1-7H3. The fraction of sp³-hybridized carbons (Fsp3) is 0.444. The highest BCUT2D eigenvalue weighted by Crippen LogP contribution is 2.30. The third-order valence-corrected chi connectivity index (χ3v) is 5.67. The molecule has 0 bridgehead atoms. The molecule has 1 unspecified atom stereocenters. The summed E-state index contributed by atoms with van der Waals surface area (Å²) in [6.45, 7) is 9.00. The Labute approximate surface area is 221 Å². The van der Waals surface area contributed by atoms with Crippen LogP contribution in [0.5, 0.6) is 11.5 Å². The Balaban J connectivity index is 1.90. The fourth-order valence-corrected chi connectivity index (χ4v) is 3.77. The number of carbonyl (C=O) groups excluding carboxylic acids is 2. The second-order valence-corrected chi connectivity index (χ2v) is 10.2. The molecule has 11 heteroatoms. The Bertz CT molecular complexity index is 1340. The van der Waals surface area contributed by atoms with Gasteiger partial charge in [0.1, 0.15) is 28.7 Å². The van der Waals surface area contributed by atoms with Gasteiger partial charge in [-0.25, -0.2) is 4.79 Å². The maximum atomic E-state index is 13.3. The quantitative estimate of drug-likeness (QED) is 0.311. The topological polar surface area (TPSA) is 131 Å². The highest BCUT2D eigenvalue weighted by molar-refractivity contribution is 5.79. The lowest BCUT2D eigenvalue weighted by Gasteiger charge is -2.32. The van der Waals surface area contributed by atoms with Gasteiger partial charge in [-0.2, -0.15) is 0 Å². The first-order chi connectivity index (χ1) is 17.8. The Morgan fingerprint density at radius 1 is 1.00 bits per heavy atom. The Morgan fingerprint density at radius 3 is 2.24 bits per heavy atom. The predicted molar refractivity (Wildman–Crippen MR) is 140 cm³/mol. The van der Waals surface area contributed by atoms with E-state index < -0.39 is 34.7 Å². The monoisotopic (exact) mass is 526 g/mol. The van der Waals surface area contributed by atoms with E-state index in [4.69, 9.17) is 19.0 Å². The minimum Gasteiger partial charge on any atom is -0.497 e. The summed E-state index contributed by atoms with van der Waals surface area (Å²) in [5, 5.41) is 11.2. The number of esters is 1. The minimum absolute atomic E-state index is 0.0358. The van der Waals surface area contributed by atoms with Crippen LogP contribution in [0.2, 0.25) is 0 Å². The summed E-state index contributed by atoms with van der Waals surface area (Å²) in [6, 6.07) is 10.9. The zero-order valence-electron chi connectivity index (χ0n) is 22.7. The molecule has 204 valence electrons. The van der Waals surface area contributed by atoms with Crippen molar-refractivity contribution in [2.24, 2.45) is 0 Å². The largest absolute Gasteiger partial charge is 0.497 e. The Hall–Kier alpha value is -3.99. The van der Waals surface area contributed by atoms with Crippen molar-refractivity contribution < 1.29 is 28.6 Å². The molecule has 2 aromatic carbocycles. The number of aromatic nitrogens is 3. The molecule has 1 heterocycles. The van der Waals surface area contributed by atoms with E-state index in [-0.39, 0.29) is 18.2 Å². The lowest BCUT2D eigenvalue weighted by Crippen LogP contribution is -2.51. The van der Waals surface area contributed by atoms with Crippen LogP contribution in [-0.4, -0.2) is 53.0 Å². The van der Waals surface area contributed by atoms with Crippen LogP contribution in [0.15, 0.2) is 47.3 Å². The van der Waals surface area contributed by atoms with Crippen LogP contribution in [-0.2, 0) is 19.9 Å². The van der Waals surface area contributed by atoms with Gasteiger partial charge in [-0.15, -0.1) is 5.10 Å². The summed E-state index contributed by atoms with van der Waals surface area (Å²) in [5.41, 5.74) is -1.000. The average Bonchev–Trinajstić information content (AvgIpc) is 2.86. The number of methoxy groups -OCH3 is 2. The molecule has 3 rings (SSSR count). The van der Waals surface area contributed by atoms with Gasteiger partial charge >= 0.3 is 17.5 Å². The van der Waals surface area contributed by atoms with Crippen LogP contribution >= 0.6 is 0 Å². The molecule has 0 radical (unpaired) electrons. The van der Waals surface area contributed by atoms with E-state index in [9.17, 15) is 14.4 Å². The first-order valence-corrected chi connectivity index (χ1v) is 12.1. The van der Waals surface area contributed by atoms with Gasteiger partial charge in [0.15, 0.2) is 0 Å². The van der Waals surface area contributed by atoms with Crippen LogP contribution < -0.4 is 25.2 Å². The lowest BCUT2D eigenvalue weighted by atomic mass is 9.92. The van der Waals surface area contributed by atoms with Gasteiger partial charge in [0.25, 0.3) is 0 Å². The van der Waals surface area contributed by atoms with Crippen molar-refractivity contribution in [2.75, 3.05) is 14.2 Å². The highest BCUT2D eigenvalue weighted by Gasteiger charge is 2.32. The summed E-state index contributed by atoms with van der Waals surface area (Å²) >= 11 is 0. The van der Waals surface area contributed by atoms with E-state index in [0.29, 0.717) is 21.9 Å². The molecule has 0 amide bonds. The zero-order valence-corrected chi connectivity index (χ0v) is 22.7. The Morgan fingerprint density at radius 2 is 1.63 bits per heavy atom. The van der Waals surface area contributed by atoms with Crippen molar-refractivity contribution in [3.8, 4) is 11.5 Å². The van der Waals surface area contributed by atoms with Gasteiger partial charge in [-0.05, 0) is 80.9 Å². The second-order valence-electron chi connectivity index (χ2n) is 10.2. The van der Waals surface area contributed by atoms with Crippen LogP contribution in [0.3, 0.4) is 0 Å². The van der Waals surface area contributed by atoms with Crippen molar-refractivity contribution in [1.82, 2.24) is 20.5 Å². The van der Waals surface area contributed by atoms with E-state index in [1.54, 1.807) is 65.3 Å². The minimum atomic E-state index is -1.02. The number of benzene rings is 2. The molecule has 0 saturated heterocycles. The van der Waals surface area contributed by atoms with Crippen molar-refractivity contribution in [3.05, 3.63) is 58.4 Å². The number of hydrogen-bond acceptors (Lipinski definition) is 10. The van der Waals surface area contributed by atoms with E-state index >= 15 is 0 Å². The van der Waals surface area contributed by atoms with Crippen LogP contribution in [0, 0.1) is 0 Å². The summed E-state index contributed by atoms with van der Waals surface area (Å²) in [6.07, 6.45) is -0.0338. The predicted octanol–water partition coefficient (Wildman–Crippen LogP) is 2.78. The summed E-state index contributed by atoms with van der Waals surface area (Å²) in [4.78, 5) is 44.5. The van der Waals surface area contributed by atoms with E-state index in [0.717, 1.165) is 5.56 Å². The molecule has 38 heavy (non-hydrogen) atoms. The lowest BCUT2D eigenvalue weighted by molar-refractivity contribution is -0.156. The van der Waals surface area contributed by atoms with E-state index in [2.05, 4.69) is 15.6 Å². The summed E-state index contributed by atoms with van der Waals surface area (Å²) in [7, 11) is 3.09. The van der Waals surface area contributed by atoms with E-state index in [1.807, 2.05) is 26.0 Å². The van der Waals surface area contributed by atoms with Gasteiger partial charge < -0.3 is 19.0 Å². The van der Waals surface area contributed by atoms with Crippen LogP contribution in [0.1, 0.15) is 53.0 Å². The van der Waals surface area contributed by atoms with Crippen molar-refractivity contribution in [1.29, 1.82) is 0 Å². The summed E-state index contributed by atoms with van der Waals surface area (Å²) < 4.78 is 16.2. The summed E-state index contributed by atoms with van der Waals surface area (Å²) in [5.74, 6) is -0.149. The average molecular weight is 527 g/mol. The van der Waals surface area contributed by atoms with Gasteiger partial charge in [0, 0.05) is 18.0 Å². The number of fused-ring (bicyclic) bond motifs is 1. The molecule has 1 N–H and O–H groups in total. The molecular weight excluding hydrogens is 492 g/mol. The molecule has 0 aliphatic carbocycles. The number of carbonyl (C=O) groups is 2. The first-order valence-electron chi connectivity index (χ1n) is 12.1. The van der Waals surface area contributed by atoms with E-state index in [1.165, 1.54) is 0 Å². The molecule has 1 aromatic heterocycles. The molecule has 0 aliphatic heterocycles. The molecule has 11 nitrogen and oxygen atoms in total.